The fourth-order valence-electron chi connectivity index (χ4n) is 0.681. The van der Waals surface area contributed by atoms with Crippen molar-refractivity contribution in [2.45, 2.75) is 6.43 Å². The van der Waals surface area contributed by atoms with Gasteiger partial charge in [-0.15, -0.1) is 0 Å². The van der Waals surface area contributed by atoms with Crippen LogP contribution in [0.25, 0.3) is 0 Å². The van der Waals surface area contributed by atoms with E-state index in [1.807, 2.05) is 0 Å². The summed E-state index contributed by atoms with van der Waals surface area (Å²) in [6, 6.07) is 0.265. The van der Waals surface area contributed by atoms with Gasteiger partial charge in [0.2, 0.25) is 0 Å². The lowest BCUT2D eigenvalue weighted by atomic mass is 10.3. The Hall–Kier alpha value is -1.33. The van der Waals surface area contributed by atoms with Gasteiger partial charge in [-0.05, 0) is 0 Å². The van der Waals surface area contributed by atoms with Crippen molar-refractivity contribution >= 4 is 0 Å². The standard InChI is InChI=1S/C6H3F4NO/c7-2-1-3(12)11-5(4(2)8)6(9)10/h1,6H,(H,11,12). The molecule has 0 aromatic carbocycles. The van der Waals surface area contributed by atoms with Gasteiger partial charge < -0.3 is 4.98 Å². The highest BCUT2D eigenvalue weighted by Crippen LogP contribution is 2.19. The van der Waals surface area contributed by atoms with Crippen LogP contribution in [0.2, 0.25) is 0 Å². The minimum atomic E-state index is -3.23. The van der Waals surface area contributed by atoms with Crippen LogP contribution in [0.1, 0.15) is 12.1 Å². The van der Waals surface area contributed by atoms with E-state index in [1.165, 1.54) is 4.98 Å². The van der Waals surface area contributed by atoms with Gasteiger partial charge in [-0.2, -0.15) is 0 Å². The van der Waals surface area contributed by atoms with E-state index in [0.29, 0.717) is 0 Å². The third-order valence-corrected chi connectivity index (χ3v) is 1.18. The zero-order valence-corrected chi connectivity index (χ0v) is 5.57. The largest absolute Gasteiger partial charge is 0.318 e. The molecule has 1 aromatic rings. The average molecular weight is 181 g/mol. The highest BCUT2D eigenvalue weighted by Gasteiger charge is 2.18. The fourth-order valence-corrected chi connectivity index (χ4v) is 0.681. The first-order valence-corrected chi connectivity index (χ1v) is 2.88. The summed E-state index contributed by atoms with van der Waals surface area (Å²) < 4.78 is 48.3. The van der Waals surface area contributed by atoms with Crippen LogP contribution < -0.4 is 5.56 Å². The molecule has 0 saturated carbocycles. The van der Waals surface area contributed by atoms with E-state index < -0.39 is 29.3 Å². The normalized spacial score (nSPS) is 10.8. The Morgan fingerprint density at radius 2 is 1.92 bits per heavy atom. The summed E-state index contributed by atoms with van der Waals surface area (Å²) in [4.78, 5) is 11.9. The summed E-state index contributed by atoms with van der Waals surface area (Å²) in [5, 5.41) is 0. The molecule has 0 saturated heterocycles. The molecule has 0 unspecified atom stereocenters. The lowest BCUT2D eigenvalue weighted by Gasteiger charge is -2.00. The lowest BCUT2D eigenvalue weighted by molar-refractivity contribution is 0.139. The Bertz CT molecular complexity index is 346. The smallest absolute Gasteiger partial charge is 0.281 e. The molecule has 0 aliphatic heterocycles. The van der Waals surface area contributed by atoms with E-state index in [4.69, 9.17) is 0 Å². The molecule has 6 heteroatoms. The minimum absolute atomic E-state index is 0.265. The molecule has 1 N–H and O–H groups in total. The van der Waals surface area contributed by atoms with E-state index in [2.05, 4.69) is 0 Å². The van der Waals surface area contributed by atoms with Gasteiger partial charge in [0.25, 0.3) is 12.0 Å². The first-order valence-electron chi connectivity index (χ1n) is 2.88. The molecule has 0 amide bonds. The molecular weight excluding hydrogens is 178 g/mol. The average Bonchev–Trinajstić information content (AvgIpc) is 1.96. The van der Waals surface area contributed by atoms with Crippen LogP contribution >= 0.6 is 0 Å². The summed E-state index contributed by atoms with van der Waals surface area (Å²) in [5.41, 5.74) is -2.41. The fraction of sp³-hybridized carbons (Fsp3) is 0.167. The van der Waals surface area contributed by atoms with Gasteiger partial charge in [0.15, 0.2) is 11.6 Å². The maximum atomic E-state index is 12.4. The number of pyridine rings is 1. The zero-order chi connectivity index (χ0) is 9.30. The van der Waals surface area contributed by atoms with Crippen LogP contribution in [-0.4, -0.2) is 4.98 Å². The van der Waals surface area contributed by atoms with Crippen molar-refractivity contribution in [3.05, 3.63) is 33.7 Å². The molecule has 2 nitrogen and oxygen atoms in total. The van der Waals surface area contributed by atoms with E-state index in [9.17, 15) is 22.4 Å². The van der Waals surface area contributed by atoms with Crippen molar-refractivity contribution < 1.29 is 17.6 Å². The third-order valence-electron chi connectivity index (χ3n) is 1.18. The summed E-state index contributed by atoms with van der Waals surface area (Å²) in [7, 11) is 0. The maximum Gasteiger partial charge on any atom is 0.281 e. The molecule has 66 valence electrons. The summed E-state index contributed by atoms with van der Waals surface area (Å²) >= 11 is 0. The predicted octanol–water partition coefficient (Wildman–Crippen LogP) is 1.59. The van der Waals surface area contributed by atoms with Gasteiger partial charge in [0.05, 0.1) is 0 Å². The minimum Gasteiger partial charge on any atom is -0.318 e. The molecule has 0 spiro atoms. The van der Waals surface area contributed by atoms with Crippen molar-refractivity contribution in [1.82, 2.24) is 4.98 Å². The van der Waals surface area contributed by atoms with Crippen molar-refractivity contribution in [3.63, 3.8) is 0 Å². The summed E-state index contributed by atoms with van der Waals surface area (Å²) in [6.07, 6.45) is -3.23. The maximum absolute atomic E-state index is 12.4. The quantitative estimate of drug-likeness (QED) is 0.655. The Kier molecular flexibility index (Phi) is 2.16. The van der Waals surface area contributed by atoms with Crippen molar-refractivity contribution in [2.24, 2.45) is 0 Å². The van der Waals surface area contributed by atoms with Crippen molar-refractivity contribution in [2.75, 3.05) is 0 Å². The van der Waals surface area contributed by atoms with Crippen LogP contribution in [0, 0.1) is 11.6 Å². The first-order chi connectivity index (χ1) is 5.52. The highest BCUT2D eigenvalue weighted by atomic mass is 19.3. The molecule has 12 heavy (non-hydrogen) atoms. The van der Waals surface area contributed by atoms with Crippen LogP contribution in [0.15, 0.2) is 10.9 Å². The molecule has 0 aliphatic carbocycles. The number of H-pyrrole nitrogens is 1. The topological polar surface area (TPSA) is 32.9 Å². The SMILES string of the molecule is O=c1cc(F)c(F)c(C(F)F)[nH]1. The number of rotatable bonds is 1. The summed E-state index contributed by atoms with van der Waals surface area (Å²) in [5.74, 6) is -3.29. The molecular formula is C6H3F4NO. The molecule has 0 fully saturated rings. The molecule has 0 atom stereocenters. The van der Waals surface area contributed by atoms with Crippen LogP contribution in [0.3, 0.4) is 0 Å². The molecule has 1 heterocycles. The van der Waals surface area contributed by atoms with Gasteiger partial charge in [-0.25, -0.2) is 17.6 Å². The number of alkyl halides is 2. The summed E-state index contributed by atoms with van der Waals surface area (Å²) in [6.45, 7) is 0. The molecule has 0 aliphatic rings. The van der Waals surface area contributed by atoms with E-state index >= 15 is 0 Å². The molecule has 0 bridgehead atoms. The first kappa shape index (κ1) is 8.76. The Labute approximate surface area is 63.8 Å². The number of aromatic nitrogens is 1. The Morgan fingerprint density at radius 1 is 1.33 bits per heavy atom. The second-order valence-electron chi connectivity index (χ2n) is 2.01. The van der Waals surface area contributed by atoms with Crippen LogP contribution in [-0.2, 0) is 0 Å². The lowest BCUT2D eigenvalue weighted by Crippen LogP contribution is -2.12. The second kappa shape index (κ2) is 2.96. The molecule has 1 rings (SSSR count). The number of halogens is 4. The van der Waals surface area contributed by atoms with E-state index in [1.54, 1.807) is 0 Å². The highest BCUT2D eigenvalue weighted by molar-refractivity contribution is 5.10. The van der Waals surface area contributed by atoms with Gasteiger partial charge in [-0.1, -0.05) is 0 Å². The molecule has 1 aromatic heterocycles. The number of aromatic amines is 1. The van der Waals surface area contributed by atoms with Gasteiger partial charge in [0.1, 0.15) is 5.69 Å². The number of nitrogens with one attached hydrogen (secondary N) is 1. The van der Waals surface area contributed by atoms with Gasteiger partial charge >= 0.3 is 0 Å². The second-order valence-corrected chi connectivity index (χ2v) is 2.01. The van der Waals surface area contributed by atoms with Gasteiger partial charge in [-0.3, -0.25) is 4.79 Å². The Morgan fingerprint density at radius 3 is 2.42 bits per heavy atom. The zero-order valence-electron chi connectivity index (χ0n) is 5.57. The number of hydrogen-bond donors (Lipinski definition) is 1. The monoisotopic (exact) mass is 181 g/mol. The van der Waals surface area contributed by atoms with Crippen LogP contribution in [0.5, 0.6) is 0 Å². The van der Waals surface area contributed by atoms with Crippen molar-refractivity contribution in [1.29, 1.82) is 0 Å². The predicted molar refractivity (Wildman–Crippen MR) is 31.9 cm³/mol. The van der Waals surface area contributed by atoms with Crippen molar-refractivity contribution in [3.8, 4) is 0 Å². The van der Waals surface area contributed by atoms with E-state index in [-0.39, 0.29) is 6.07 Å². The van der Waals surface area contributed by atoms with Gasteiger partial charge in [0, 0.05) is 6.07 Å². The van der Waals surface area contributed by atoms with Crippen LogP contribution in [0.4, 0.5) is 17.6 Å². The Balaban J connectivity index is 3.38. The molecule has 0 radical (unpaired) electrons. The number of hydrogen-bond acceptors (Lipinski definition) is 1. The van der Waals surface area contributed by atoms with E-state index in [0.717, 1.165) is 0 Å². The third kappa shape index (κ3) is 1.46.